The van der Waals surface area contributed by atoms with Crippen molar-refractivity contribution in [3.8, 4) is 0 Å². The predicted octanol–water partition coefficient (Wildman–Crippen LogP) is 4.90. The van der Waals surface area contributed by atoms with E-state index in [1.54, 1.807) is 30.6 Å². The second-order valence-corrected chi connectivity index (χ2v) is 59.3. The van der Waals surface area contributed by atoms with Crippen LogP contribution in [0, 0.1) is 0 Å². The average Bonchev–Trinajstić information content (AvgIpc) is 2.00. The molecule has 0 saturated carbocycles. The first kappa shape index (κ1) is 16.4. The van der Waals surface area contributed by atoms with Crippen LogP contribution in [-0.4, -0.2) is 15.4 Å². The summed E-state index contributed by atoms with van der Waals surface area (Å²) in [5.74, 6) is 0. The van der Waals surface area contributed by atoms with Gasteiger partial charge in [-0.15, -0.1) is 4.79 Å². The molecule has 86 valence electrons. The van der Waals surface area contributed by atoms with E-state index in [9.17, 15) is 4.79 Å². The fourth-order valence-electron chi connectivity index (χ4n) is 0.506. The van der Waals surface area contributed by atoms with Crippen molar-refractivity contribution in [2.75, 3.05) is 0 Å². The molecular weight excluding hydrogens is 435 g/mol. The van der Waals surface area contributed by atoms with Crippen molar-refractivity contribution in [2.45, 2.75) is 0 Å². The van der Waals surface area contributed by atoms with Gasteiger partial charge in [-0.1, -0.05) is 0 Å². The van der Waals surface area contributed by atoms with Crippen molar-refractivity contribution in [3.05, 3.63) is 35.9 Å². The Kier molecular flexibility index (Phi) is 5.37. The standard InChI is InChI=1S/C7H5O.6ClH.Sb/c8-6-7-4-2-1-3-5-7;;;;;;;/h1-5H;6*1H;/q+1;;;;;;;+5/p-6. The van der Waals surface area contributed by atoms with Gasteiger partial charge in [0.15, 0.2) is 0 Å². The van der Waals surface area contributed by atoms with Gasteiger partial charge in [0.1, 0.15) is 0 Å². The van der Waals surface area contributed by atoms with Crippen LogP contribution in [0.3, 0.4) is 0 Å². The topological polar surface area (TPSA) is 17.1 Å². The Morgan fingerprint density at radius 2 is 1.20 bits per heavy atom. The van der Waals surface area contributed by atoms with Gasteiger partial charge in [0.25, 0.3) is 0 Å². The molecule has 0 saturated heterocycles. The number of rotatable bonds is 1. The van der Waals surface area contributed by atoms with Crippen LogP contribution in [0.5, 0.6) is 0 Å². The van der Waals surface area contributed by atoms with E-state index in [0.29, 0.717) is 5.56 Å². The molecule has 0 radical (unpaired) electrons. The van der Waals surface area contributed by atoms with E-state index in [1.807, 2.05) is 6.07 Å². The third-order valence-electron chi connectivity index (χ3n) is 0.892. The summed E-state index contributed by atoms with van der Waals surface area (Å²) < 4.78 is 0. The quantitative estimate of drug-likeness (QED) is 0.449. The summed E-state index contributed by atoms with van der Waals surface area (Å²) in [4.78, 5) is 9.88. The van der Waals surface area contributed by atoms with Crippen molar-refractivity contribution in [1.29, 1.82) is 0 Å². The van der Waals surface area contributed by atoms with Gasteiger partial charge in [-0.2, -0.15) is 0 Å². The Hall–Kier alpha value is 1.36. The van der Waals surface area contributed by atoms with Gasteiger partial charge in [-0.3, -0.25) is 0 Å². The fourth-order valence-corrected chi connectivity index (χ4v) is 0.506. The molecule has 8 heteroatoms. The van der Waals surface area contributed by atoms with E-state index in [-0.39, 0.29) is 0 Å². The van der Waals surface area contributed by atoms with Gasteiger partial charge < -0.3 is 0 Å². The molecule has 0 aliphatic heterocycles. The molecule has 0 aliphatic carbocycles. The molecule has 15 heavy (non-hydrogen) atoms. The predicted molar refractivity (Wildman–Crippen MR) is 72.1 cm³/mol. The zero-order valence-electron chi connectivity index (χ0n) is 7.01. The normalized spacial score (nSPS) is 15.1. The third-order valence-corrected chi connectivity index (χ3v) is 0.892. The SMILES string of the molecule is O=[C+]c1ccccc1.[Cl][Sb-]([Cl])([Cl])([Cl])([Cl])[Cl]. The van der Waals surface area contributed by atoms with Crippen LogP contribution in [0.1, 0.15) is 5.56 Å². The van der Waals surface area contributed by atoms with Crippen LogP contribution in [0.2, 0.25) is 0 Å². The van der Waals surface area contributed by atoms with Crippen LogP contribution in [0.25, 0.3) is 0 Å². The van der Waals surface area contributed by atoms with E-state index in [1.165, 1.54) is 0 Å². The average molecular weight is 440 g/mol. The zero-order valence-corrected chi connectivity index (χ0v) is 14.1. The summed E-state index contributed by atoms with van der Waals surface area (Å²) in [7, 11) is 25.0. The van der Waals surface area contributed by atoms with Crippen LogP contribution >= 0.6 is 53.0 Å². The first-order valence-corrected chi connectivity index (χ1v) is 22.8. The van der Waals surface area contributed by atoms with Gasteiger partial charge in [0.05, 0.1) is 12.1 Å². The van der Waals surface area contributed by atoms with Gasteiger partial charge in [-0.05, 0) is 18.2 Å². The van der Waals surface area contributed by atoms with Crippen LogP contribution < -0.4 is 0 Å². The number of hydrogen-bond acceptors (Lipinski definition) is 1. The molecule has 0 amide bonds. The van der Waals surface area contributed by atoms with Crippen molar-refractivity contribution < 1.29 is 4.79 Å². The van der Waals surface area contributed by atoms with E-state index < -0.39 is 9.14 Å². The minimum atomic E-state index is -5.42. The number of halogens is 6. The Morgan fingerprint density at radius 1 is 0.867 bits per heavy atom. The molecule has 1 aromatic rings. The van der Waals surface area contributed by atoms with Gasteiger partial charge in [0, 0.05) is 0 Å². The second kappa shape index (κ2) is 4.92. The van der Waals surface area contributed by atoms with Crippen molar-refractivity contribution >= 4 is 68.4 Å². The van der Waals surface area contributed by atoms with Crippen LogP contribution in [0.4, 0.5) is 0 Å². The minimum absolute atomic E-state index is 0.604. The molecule has 0 N–H and O–H groups in total. The molecule has 1 rings (SSSR count). The Bertz CT molecular complexity index is 316. The first-order chi connectivity index (χ1) is 6.38. The maximum atomic E-state index is 9.88. The molecular formula is C7H5Cl6OSb. The summed E-state index contributed by atoms with van der Waals surface area (Å²) in [6.07, 6.45) is 1.78. The van der Waals surface area contributed by atoms with Gasteiger partial charge in [0.2, 0.25) is 5.56 Å². The molecule has 0 atom stereocenters. The van der Waals surface area contributed by atoms with Gasteiger partial charge in [-0.25, -0.2) is 0 Å². The third kappa shape index (κ3) is 21.2. The number of carbonyl (C=O) groups excluding carboxylic acids is 1. The first-order valence-electron chi connectivity index (χ1n) is 3.38. The Labute approximate surface area is 108 Å². The number of benzene rings is 1. The molecule has 0 heterocycles. The summed E-state index contributed by atoms with van der Waals surface area (Å²) in [6, 6.07) is 8.90. The summed E-state index contributed by atoms with van der Waals surface area (Å²) >= 11 is 0. The Balaban J connectivity index is 0.000000265. The molecule has 0 spiro atoms. The molecule has 0 unspecified atom stereocenters. The molecule has 1 nitrogen and oxygen atoms in total. The van der Waals surface area contributed by atoms with E-state index in [4.69, 9.17) is 53.0 Å². The summed E-state index contributed by atoms with van der Waals surface area (Å²) in [5.41, 5.74) is 0.604. The zero-order chi connectivity index (χ0) is 12.2. The Morgan fingerprint density at radius 3 is 1.40 bits per heavy atom. The molecule has 1 aromatic carbocycles. The van der Waals surface area contributed by atoms with E-state index in [2.05, 4.69) is 0 Å². The number of hydrogen-bond donors (Lipinski definition) is 0. The summed E-state index contributed by atoms with van der Waals surface area (Å²) in [6.45, 7) is 0. The van der Waals surface area contributed by atoms with Crippen molar-refractivity contribution in [2.24, 2.45) is 0 Å². The molecule has 0 aromatic heterocycles. The molecule has 0 fully saturated rings. The molecule has 0 bridgehead atoms. The molecule has 0 aliphatic rings. The van der Waals surface area contributed by atoms with E-state index in [0.717, 1.165) is 0 Å². The van der Waals surface area contributed by atoms with Crippen LogP contribution in [0.15, 0.2) is 30.3 Å². The van der Waals surface area contributed by atoms with Crippen LogP contribution in [-0.2, 0) is 4.79 Å². The van der Waals surface area contributed by atoms with E-state index >= 15 is 0 Å². The van der Waals surface area contributed by atoms with Crippen molar-refractivity contribution in [1.82, 2.24) is 0 Å². The monoisotopic (exact) mass is 436 g/mol. The second-order valence-electron chi connectivity index (χ2n) is 2.43. The fraction of sp³-hybridized carbons (Fsp3) is 0. The maximum absolute atomic E-state index is 9.88. The summed E-state index contributed by atoms with van der Waals surface area (Å²) in [5, 5.41) is 0. The van der Waals surface area contributed by atoms with Gasteiger partial charge >= 0.3 is 68.4 Å². The van der Waals surface area contributed by atoms with Crippen molar-refractivity contribution in [3.63, 3.8) is 0 Å².